The molecule has 0 saturated heterocycles. The number of hydrogen-bond donors (Lipinski definition) is 2. The van der Waals surface area contributed by atoms with Crippen molar-refractivity contribution in [3.8, 4) is 5.75 Å². The van der Waals surface area contributed by atoms with Gasteiger partial charge in [-0.25, -0.2) is 0 Å². The highest BCUT2D eigenvalue weighted by atomic mass is 16.5. The fraction of sp³-hybridized carbons (Fsp3) is 0.222. The van der Waals surface area contributed by atoms with Crippen molar-refractivity contribution in [3.05, 3.63) is 24.3 Å². The summed E-state index contributed by atoms with van der Waals surface area (Å²) in [5.41, 5.74) is 0.601. The van der Waals surface area contributed by atoms with E-state index in [4.69, 9.17) is 4.74 Å². The maximum Gasteiger partial charge on any atom is 0.256 e. The Morgan fingerprint density at radius 1 is 1.46 bits per heavy atom. The standard InChI is InChI=1S/C9H9NO3/c11-7-5-13-8-4-2-1-3-6(8)10-9(7)12/h1-4,7,11H,5H2,(H,10,12)/t7-/m1/s1. The molecule has 4 heteroatoms. The molecule has 1 aromatic carbocycles. The molecule has 0 aromatic heterocycles. The third kappa shape index (κ3) is 1.48. The number of para-hydroxylation sites is 2. The molecule has 0 radical (unpaired) electrons. The molecule has 68 valence electrons. The lowest BCUT2D eigenvalue weighted by atomic mass is 10.3. The van der Waals surface area contributed by atoms with Crippen molar-refractivity contribution in [2.45, 2.75) is 6.10 Å². The fourth-order valence-corrected chi connectivity index (χ4v) is 1.16. The SMILES string of the molecule is O=C1Nc2ccccc2OC[C@H]1O. The summed E-state index contributed by atoms with van der Waals surface area (Å²) >= 11 is 0. The molecular weight excluding hydrogens is 170 g/mol. The molecule has 13 heavy (non-hydrogen) atoms. The smallest absolute Gasteiger partial charge is 0.256 e. The Hall–Kier alpha value is -1.55. The maximum absolute atomic E-state index is 11.1. The number of carbonyl (C=O) groups excluding carboxylic acids is 1. The van der Waals surface area contributed by atoms with Gasteiger partial charge < -0.3 is 15.2 Å². The van der Waals surface area contributed by atoms with Gasteiger partial charge in [-0.1, -0.05) is 12.1 Å². The number of fused-ring (bicyclic) bond motifs is 1. The van der Waals surface area contributed by atoms with Crippen LogP contribution in [0.3, 0.4) is 0 Å². The van der Waals surface area contributed by atoms with Crippen molar-refractivity contribution >= 4 is 11.6 Å². The van der Waals surface area contributed by atoms with Gasteiger partial charge in [-0.2, -0.15) is 0 Å². The summed E-state index contributed by atoms with van der Waals surface area (Å²) in [6.07, 6.45) is -1.09. The van der Waals surface area contributed by atoms with E-state index < -0.39 is 12.0 Å². The molecule has 0 aliphatic carbocycles. The minimum atomic E-state index is -1.09. The van der Waals surface area contributed by atoms with Gasteiger partial charge >= 0.3 is 0 Å². The minimum absolute atomic E-state index is 0.00282. The minimum Gasteiger partial charge on any atom is -0.488 e. The summed E-state index contributed by atoms with van der Waals surface area (Å²) in [4.78, 5) is 11.1. The van der Waals surface area contributed by atoms with Crippen molar-refractivity contribution in [2.75, 3.05) is 11.9 Å². The molecule has 2 rings (SSSR count). The summed E-state index contributed by atoms with van der Waals surface area (Å²) in [5, 5.41) is 11.8. The average Bonchev–Trinajstić information content (AvgIpc) is 2.28. The van der Waals surface area contributed by atoms with Crippen molar-refractivity contribution in [1.29, 1.82) is 0 Å². The molecule has 0 bridgehead atoms. The third-order valence-corrected chi connectivity index (χ3v) is 1.84. The van der Waals surface area contributed by atoms with Gasteiger partial charge in [0.25, 0.3) is 5.91 Å². The Morgan fingerprint density at radius 2 is 2.23 bits per heavy atom. The second-order valence-electron chi connectivity index (χ2n) is 2.81. The van der Waals surface area contributed by atoms with Crippen LogP contribution in [0.4, 0.5) is 5.69 Å². The van der Waals surface area contributed by atoms with E-state index in [0.717, 1.165) is 0 Å². The van der Waals surface area contributed by atoms with E-state index in [-0.39, 0.29) is 6.61 Å². The van der Waals surface area contributed by atoms with E-state index >= 15 is 0 Å². The average molecular weight is 179 g/mol. The van der Waals surface area contributed by atoms with Crippen molar-refractivity contribution in [3.63, 3.8) is 0 Å². The van der Waals surface area contributed by atoms with Gasteiger partial charge in [-0.3, -0.25) is 4.79 Å². The van der Waals surface area contributed by atoms with Crippen molar-refractivity contribution in [1.82, 2.24) is 0 Å². The Labute approximate surface area is 75.1 Å². The number of nitrogens with one attached hydrogen (secondary N) is 1. The first kappa shape index (κ1) is 8.07. The molecule has 4 nitrogen and oxygen atoms in total. The van der Waals surface area contributed by atoms with Crippen LogP contribution >= 0.6 is 0 Å². The molecule has 1 aliphatic heterocycles. The molecule has 0 saturated carbocycles. The van der Waals surface area contributed by atoms with Crippen LogP contribution in [0.15, 0.2) is 24.3 Å². The maximum atomic E-state index is 11.1. The van der Waals surface area contributed by atoms with E-state index in [9.17, 15) is 9.90 Å². The van der Waals surface area contributed by atoms with Crippen LogP contribution in [0.5, 0.6) is 5.75 Å². The lowest BCUT2D eigenvalue weighted by Gasteiger charge is -2.04. The number of hydrogen-bond acceptors (Lipinski definition) is 3. The third-order valence-electron chi connectivity index (χ3n) is 1.84. The molecule has 2 N–H and O–H groups in total. The molecule has 0 unspecified atom stereocenters. The van der Waals surface area contributed by atoms with Gasteiger partial charge in [0.15, 0.2) is 6.10 Å². The first-order valence-electron chi connectivity index (χ1n) is 3.98. The largest absolute Gasteiger partial charge is 0.488 e. The number of rotatable bonds is 0. The Kier molecular flexibility index (Phi) is 1.90. The second-order valence-corrected chi connectivity index (χ2v) is 2.81. The summed E-state index contributed by atoms with van der Waals surface area (Å²) in [6.45, 7) is 0.00282. The first-order chi connectivity index (χ1) is 6.27. The Morgan fingerprint density at radius 3 is 3.08 bits per heavy atom. The summed E-state index contributed by atoms with van der Waals surface area (Å²) in [5.74, 6) is 0.164. The number of anilines is 1. The van der Waals surface area contributed by atoms with Crippen LogP contribution in [0.2, 0.25) is 0 Å². The summed E-state index contributed by atoms with van der Waals surface area (Å²) in [7, 11) is 0. The van der Waals surface area contributed by atoms with Crippen LogP contribution < -0.4 is 10.1 Å². The van der Waals surface area contributed by atoms with Gasteiger partial charge in [-0.15, -0.1) is 0 Å². The number of aliphatic hydroxyl groups excluding tert-OH is 1. The van der Waals surface area contributed by atoms with Crippen molar-refractivity contribution in [2.24, 2.45) is 0 Å². The highest BCUT2D eigenvalue weighted by Crippen LogP contribution is 2.25. The van der Waals surface area contributed by atoms with E-state index in [1.165, 1.54) is 0 Å². The van der Waals surface area contributed by atoms with Gasteiger partial charge in [0, 0.05) is 0 Å². The zero-order chi connectivity index (χ0) is 9.26. The molecule has 0 fully saturated rings. The second kappa shape index (κ2) is 3.06. The number of amides is 1. The zero-order valence-corrected chi connectivity index (χ0v) is 6.86. The van der Waals surface area contributed by atoms with Crippen LogP contribution in [0.1, 0.15) is 0 Å². The van der Waals surface area contributed by atoms with Gasteiger partial charge in [0.2, 0.25) is 0 Å². The summed E-state index contributed by atoms with van der Waals surface area (Å²) in [6, 6.07) is 7.07. The van der Waals surface area contributed by atoms with Crippen LogP contribution in [-0.4, -0.2) is 23.7 Å². The van der Waals surface area contributed by atoms with Gasteiger partial charge in [0.1, 0.15) is 12.4 Å². The topological polar surface area (TPSA) is 58.6 Å². The lowest BCUT2D eigenvalue weighted by Crippen LogP contribution is -2.30. The van der Waals surface area contributed by atoms with Crippen LogP contribution in [0, 0.1) is 0 Å². The van der Waals surface area contributed by atoms with E-state index in [1.54, 1.807) is 18.2 Å². The predicted octanol–water partition coefficient (Wildman–Crippen LogP) is 0.378. The number of carbonyl (C=O) groups is 1. The van der Waals surface area contributed by atoms with E-state index in [0.29, 0.717) is 11.4 Å². The quantitative estimate of drug-likeness (QED) is 0.605. The monoisotopic (exact) mass is 179 g/mol. The Bertz CT molecular complexity index is 337. The predicted molar refractivity (Wildman–Crippen MR) is 46.6 cm³/mol. The van der Waals surface area contributed by atoms with Crippen molar-refractivity contribution < 1.29 is 14.6 Å². The van der Waals surface area contributed by atoms with Gasteiger partial charge in [-0.05, 0) is 12.1 Å². The van der Waals surface area contributed by atoms with Crippen LogP contribution in [0.25, 0.3) is 0 Å². The number of aliphatic hydroxyl groups is 1. The zero-order valence-electron chi connectivity index (χ0n) is 6.86. The van der Waals surface area contributed by atoms with E-state index in [2.05, 4.69) is 5.32 Å². The van der Waals surface area contributed by atoms with Gasteiger partial charge in [0.05, 0.1) is 5.69 Å². The highest BCUT2D eigenvalue weighted by molar-refractivity contribution is 5.96. The Balaban J connectivity index is 2.35. The normalized spacial score (nSPS) is 21.0. The molecule has 1 aliphatic rings. The summed E-state index contributed by atoms with van der Waals surface area (Å²) < 4.78 is 5.20. The highest BCUT2D eigenvalue weighted by Gasteiger charge is 2.21. The molecule has 0 spiro atoms. The number of ether oxygens (including phenoxy) is 1. The number of benzene rings is 1. The molecular formula is C9H9NO3. The molecule has 1 aromatic rings. The van der Waals surface area contributed by atoms with E-state index in [1.807, 2.05) is 6.07 Å². The lowest BCUT2D eigenvalue weighted by molar-refractivity contribution is -0.124. The molecule has 1 amide bonds. The first-order valence-corrected chi connectivity index (χ1v) is 3.98. The molecule has 1 atom stereocenters. The fourth-order valence-electron chi connectivity index (χ4n) is 1.16. The van der Waals surface area contributed by atoms with Crippen LogP contribution in [-0.2, 0) is 4.79 Å². The molecule has 1 heterocycles.